The van der Waals surface area contributed by atoms with Crippen LogP contribution < -0.4 is 11.0 Å². The molecule has 1 aliphatic rings. The van der Waals surface area contributed by atoms with Crippen molar-refractivity contribution in [2.24, 2.45) is 0 Å². The number of nitrogens with zero attached hydrogens (tertiary/aromatic N) is 3. The monoisotopic (exact) mass is 260 g/mol. The van der Waals surface area contributed by atoms with Crippen LogP contribution in [0.2, 0.25) is 0 Å². The van der Waals surface area contributed by atoms with E-state index < -0.39 is 11.6 Å². The number of rotatable bonds is 3. The van der Waals surface area contributed by atoms with Crippen molar-refractivity contribution in [1.82, 2.24) is 25.1 Å². The summed E-state index contributed by atoms with van der Waals surface area (Å²) in [5.74, 6) is 0.677. The molecule has 1 aliphatic carbocycles. The fraction of sp³-hybridized carbons (Fsp3) is 0.364. The molecule has 1 amide bonds. The van der Waals surface area contributed by atoms with Crippen molar-refractivity contribution in [3.05, 3.63) is 34.5 Å². The molecule has 0 aromatic carbocycles. The molecule has 2 heterocycles. The molecule has 0 aliphatic heterocycles. The van der Waals surface area contributed by atoms with Crippen LogP contribution in [0, 0.1) is 0 Å². The Morgan fingerprint density at radius 1 is 1.32 bits per heavy atom. The first-order valence-corrected chi connectivity index (χ1v) is 6.00. The van der Waals surface area contributed by atoms with Crippen LogP contribution in [0.25, 0.3) is 0 Å². The normalized spacial score (nSPS) is 14.9. The Hall–Kier alpha value is -2.51. The van der Waals surface area contributed by atoms with Crippen molar-refractivity contribution < 1.29 is 4.79 Å². The molecule has 2 aromatic rings. The van der Waals surface area contributed by atoms with Gasteiger partial charge in [0.25, 0.3) is 5.91 Å². The second kappa shape index (κ2) is 4.63. The molecular formula is C11H12N6O2. The molecule has 3 N–H and O–H groups in total. The third-order valence-electron chi connectivity index (χ3n) is 3.12. The third kappa shape index (κ3) is 2.37. The lowest BCUT2D eigenvalue weighted by molar-refractivity contribution is 0.101. The van der Waals surface area contributed by atoms with Crippen LogP contribution in [0.15, 0.2) is 17.2 Å². The highest BCUT2D eigenvalue weighted by Crippen LogP contribution is 2.34. The van der Waals surface area contributed by atoms with Crippen LogP contribution in [0.4, 0.5) is 5.69 Å². The molecule has 0 radical (unpaired) electrons. The smallest absolute Gasteiger partial charge is 0.317 e. The van der Waals surface area contributed by atoms with Gasteiger partial charge in [-0.1, -0.05) is 6.42 Å². The highest BCUT2D eigenvalue weighted by Gasteiger charge is 2.22. The van der Waals surface area contributed by atoms with Gasteiger partial charge >= 0.3 is 5.69 Å². The first kappa shape index (κ1) is 11.6. The van der Waals surface area contributed by atoms with Gasteiger partial charge in [0.1, 0.15) is 5.82 Å². The molecule has 98 valence electrons. The van der Waals surface area contributed by atoms with E-state index in [-0.39, 0.29) is 5.82 Å². The van der Waals surface area contributed by atoms with Crippen LogP contribution in [0.1, 0.15) is 41.6 Å². The predicted octanol–water partition coefficient (Wildman–Crippen LogP) is 0.408. The van der Waals surface area contributed by atoms with Gasteiger partial charge in [-0.2, -0.15) is 0 Å². The molecule has 1 saturated carbocycles. The minimum absolute atomic E-state index is 0.0759. The SMILES string of the molecule is O=C(Nc1cnc(C2CCC2)nc1)c1n[nH]c(=O)[nH]1. The first-order chi connectivity index (χ1) is 9.22. The van der Waals surface area contributed by atoms with E-state index in [1.54, 1.807) is 12.4 Å². The summed E-state index contributed by atoms with van der Waals surface area (Å²) in [6.07, 6.45) is 6.59. The van der Waals surface area contributed by atoms with E-state index in [1.165, 1.54) is 6.42 Å². The molecular weight excluding hydrogens is 248 g/mol. The number of hydrogen-bond acceptors (Lipinski definition) is 5. The van der Waals surface area contributed by atoms with E-state index in [2.05, 4.69) is 30.5 Å². The van der Waals surface area contributed by atoms with E-state index in [4.69, 9.17) is 0 Å². The highest BCUT2D eigenvalue weighted by atomic mass is 16.2. The van der Waals surface area contributed by atoms with Crippen LogP contribution in [-0.4, -0.2) is 31.1 Å². The van der Waals surface area contributed by atoms with Gasteiger partial charge in [-0.15, -0.1) is 5.10 Å². The molecule has 8 heteroatoms. The summed E-state index contributed by atoms with van der Waals surface area (Å²) in [5, 5.41) is 8.21. The summed E-state index contributed by atoms with van der Waals surface area (Å²) < 4.78 is 0. The Morgan fingerprint density at radius 2 is 2.05 bits per heavy atom. The topological polar surface area (TPSA) is 116 Å². The maximum atomic E-state index is 11.7. The lowest BCUT2D eigenvalue weighted by atomic mass is 9.85. The largest absolute Gasteiger partial charge is 0.341 e. The van der Waals surface area contributed by atoms with Gasteiger partial charge in [0.15, 0.2) is 0 Å². The summed E-state index contributed by atoms with van der Waals surface area (Å²) >= 11 is 0. The Kier molecular flexibility index (Phi) is 2.82. The van der Waals surface area contributed by atoms with Crippen LogP contribution in [-0.2, 0) is 0 Å². The second-order valence-electron chi connectivity index (χ2n) is 4.44. The average molecular weight is 260 g/mol. The lowest BCUT2D eigenvalue weighted by Crippen LogP contribution is -2.16. The van der Waals surface area contributed by atoms with Crippen LogP contribution >= 0.6 is 0 Å². The summed E-state index contributed by atoms with van der Waals surface area (Å²) in [4.78, 5) is 33.2. The van der Waals surface area contributed by atoms with Gasteiger partial charge in [-0.25, -0.2) is 19.9 Å². The zero-order valence-corrected chi connectivity index (χ0v) is 10.0. The molecule has 0 saturated heterocycles. The number of aromatic amines is 2. The van der Waals surface area contributed by atoms with Crippen molar-refractivity contribution in [2.75, 3.05) is 5.32 Å². The van der Waals surface area contributed by atoms with Crippen LogP contribution in [0.3, 0.4) is 0 Å². The second-order valence-corrected chi connectivity index (χ2v) is 4.44. The zero-order chi connectivity index (χ0) is 13.2. The molecule has 8 nitrogen and oxygen atoms in total. The van der Waals surface area contributed by atoms with Crippen molar-refractivity contribution in [3.8, 4) is 0 Å². The summed E-state index contributed by atoms with van der Waals surface area (Å²) in [6.45, 7) is 0. The predicted molar refractivity (Wildman–Crippen MR) is 65.8 cm³/mol. The lowest BCUT2D eigenvalue weighted by Gasteiger charge is -2.23. The number of nitrogens with one attached hydrogen (secondary N) is 3. The fourth-order valence-electron chi connectivity index (χ4n) is 1.85. The summed E-state index contributed by atoms with van der Waals surface area (Å²) in [6, 6.07) is 0. The van der Waals surface area contributed by atoms with Crippen molar-refractivity contribution in [1.29, 1.82) is 0 Å². The van der Waals surface area contributed by atoms with Gasteiger partial charge in [0.05, 0.1) is 18.1 Å². The number of anilines is 1. The van der Waals surface area contributed by atoms with Crippen molar-refractivity contribution in [3.63, 3.8) is 0 Å². The van der Waals surface area contributed by atoms with Gasteiger partial charge in [0, 0.05) is 5.92 Å². The van der Waals surface area contributed by atoms with E-state index in [1.807, 2.05) is 0 Å². The van der Waals surface area contributed by atoms with E-state index in [9.17, 15) is 9.59 Å². The summed E-state index contributed by atoms with van der Waals surface area (Å²) in [7, 11) is 0. The Bertz CT molecular complexity index is 640. The molecule has 19 heavy (non-hydrogen) atoms. The number of carbonyl (C=O) groups excluding carboxylic acids is 1. The van der Waals surface area contributed by atoms with Crippen LogP contribution in [0.5, 0.6) is 0 Å². The number of H-pyrrole nitrogens is 2. The third-order valence-corrected chi connectivity index (χ3v) is 3.12. The summed E-state index contributed by atoms with van der Waals surface area (Å²) in [5.41, 5.74) is -0.0568. The van der Waals surface area contributed by atoms with Gasteiger partial charge in [0.2, 0.25) is 5.82 Å². The molecule has 3 rings (SSSR count). The van der Waals surface area contributed by atoms with Gasteiger partial charge in [-0.05, 0) is 12.8 Å². The van der Waals surface area contributed by atoms with Crippen molar-refractivity contribution in [2.45, 2.75) is 25.2 Å². The van der Waals surface area contributed by atoms with Crippen molar-refractivity contribution >= 4 is 11.6 Å². The molecule has 0 unspecified atom stereocenters. The first-order valence-electron chi connectivity index (χ1n) is 6.00. The molecule has 0 bridgehead atoms. The maximum absolute atomic E-state index is 11.7. The maximum Gasteiger partial charge on any atom is 0.341 e. The fourth-order valence-corrected chi connectivity index (χ4v) is 1.85. The standard InChI is InChI=1S/C11H12N6O2/c18-10(9-15-11(19)17-16-9)14-7-4-12-8(13-5-7)6-2-1-3-6/h4-6H,1-3H2,(H,14,18)(H2,15,16,17,19). The van der Waals surface area contributed by atoms with Gasteiger partial charge in [-0.3, -0.25) is 9.78 Å². The Balaban J connectivity index is 1.69. The van der Waals surface area contributed by atoms with Gasteiger partial charge < -0.3 is 5.32 Å². The zero-order valence-electron chi connectivity index (χ0n) is 10.0. The molecule has 2 aromatic heterocycles. The quantitative estimate of drug-likeness (QED) is 0.738. The average Bonchev–Trinajstić information content (AvgIpc) is 2.76. The molecule has 0 atom stereocenters. The molecule has 1 fully saturated rings. The Morgan fingerprint density at radius 3 is 2.58 bits per heavy atom. The number of carbonyl (C=O) groups is 1. The minimum atomic E-state index is -0.526. The molecule has 0 spiro atoms. The highest BCUT2D eigenvalue weighted by molar-refractivity contribution is 6.01. The number of hydrogen-bond donors (Lipinski definition) is 3. The minimum Gasteiger partial charge on any atom is -0.317 e. The van der Waals surface area contributed by atoms with E-state index in [0.717, 1.165) is 18.7 Å². The number of amides is 1. The number of aromatic nitrogens is 5. The van der Waals surface area contributed by atoms with E-state index >= 15 is 0 Å². The Labute approximate surface area is 107 Å². The van der Waals surface area contributed by atoms with E-state index in [0.29, 0.717) is 11.6 Å².